The van der Waals surface area contributed by atoms with Crippen LogP contribution in [0.15, 0.2) is 80.4 Å². The van der Waals surface area contributed by atoms with Gasteiger partial charge in [-0.05, 0) is 60.5 Å². The van der Waals surface area contributed by atoms with E-state index in [-0.39, 0.29) is 22.4 Å². The lowest BCUT2D eigenvalue weighted by atomic mass is 9.98. The minimum atomic E-state index is -0.778. The summed E-state index contributed by atoms with van der Waals surface area (Å²) >= 11 is 3.38. The number of carbonyl (C=O) groups is 1. The fraction of sp³-hybridized carbons (Fsp3) is 0.0833. The Bertz CT molecular complexity index is 1480. The van der Waals surface area contributed by atoms with Crippen LogP contribution in [0.3, 0.4) is 0 Å². The summed E-state index contributed by atoms with van der Waals surface area (Å²) in [6, 6.07) is 17.5. The van der Waals surface area contributed by atoms with Crippen LogP contribution in [0.25, 0.3) is 11.0 Å². The molecule has 0 spiro atoms. The number of hydrogen-bond acceptors (Lipinski definition) is 5. The van der Waals surface area contributed by atoms with Crippen molar-refractivity contribution in [2.75, 3.05) is 4.90 Å². The maximum atomic E-state index is 13.6. The molecular formula is C24H15BrN2O5. The lowest BCUT2D eigenvalue weighted by Crippen LogP contribution is -2.29. The zero-order valence-electron chi connectivity index (χ0n) is 16.7. The standard InChI is InChI=1S/C24H15BrN2O5/c1-13-3-2-4-17(11-13)26-21(14-5-8-16(9-6-14)27(30)31)20-22(28)18-12-15(25)7-10-19(18)32-23(20)24(26)29/h2-12,21H,1H3. The third-order valence-electron chi connectivity index (χ3n) is 5.53. The van der Waals surface area contributed by atoms with Gasteiger partial charge in [0.25, 0.3) is 11.6 Å². The van der Waals surface area contributed by atoms with Crippen LogP contribution < -0.4 is 10.3 Å². The Labute approximate surface area is 190 Å². The predicted octanol–water partition coefficient (Wildman–Crippen LogP) is 5.52. The fourth-order valence-corrected chi connectivity index (χ4v) is 4.44. The van der Waals surface area contributed by atoms with E-state index in [2.05, 4.69) is 15.9 Å². The van der Waals surface area contributed by atoms with Crippen molar-refractivity contribution in [2.24, 2.45) is 0 Å². The van der Waals surface area contributed by atoms with Crippen LogP contribution in [0.2, 0.25) is 0 Å². The molecule has 1 atom stereocenters. The maximum absolute atomic E-state index is 13.6. The number of carbonyl (C=O) groups excluding carboxylic acids is 1. The van der Waals surface area contributed by atoms with Crippen LogP contribution in [0.4, 0.5) is 11.4 Å². The first-order valence-electron chi connectivity index (χ1n) is 9.76. The molecule has 0 aliphatic carbocycles. The van der Waals surface area contributed by atoms with Gasteiger partial charge in [-0.3, -0.25) is 24.6 Å². The topological polar surface area (TPSA) is 93.7 Å². The molecule has 3 aromatic carbocycles. The molecule has 0 fully saturated rings. The first-order chi connectivity index (χ1) is 15.3. The second-order valence-electron chi connectivity index (χ2n) is 7.58. The Hall–Kier alpha value is -3.78. The number of fused-ring (bicyclic) bond motifs is 2. The molecule has 0 bridgehead atoms. The molecule has 0 radical (unpaired) electrons. The van der Waals surface area contributed by atoms with Gasteiger partial charge in [0.05, 0.1) is 21.9 Å². The van der Waals surface area contributed by atoms with Crippen molar-refractivity contribution in [3.63, 3.8) is 0 Å². The number of aryl methyl sites for hydroxylation is 1. The van der Waals surface area contributed by atoms with Crippen molar-refractivity contribution in [3.8, 4) is 0 Å². The Kier molecular flexibility index (Phi) is 4.67. The highest BCUT2D eigenvalue weighted by Gasteiger charge is 2.43. The highest BCUT2D eigenvalue weighted by atomic mass is 79.9. The summed E-state index contributed by atoms with van der Waals surface area (Å²) in [7, 11) is 0. The molecule has 5 rings (SSSR count). The monoisotopic (exact) mass is 490 g/mol. The summed E-state index contributed by atoms with van der Waals surface area (Å²) in [5.41, 5.74) is 2.28. The molecule has 1 unspecified atom stereocenters. The van der Waals surface area contributed by atoms with E-state index in [0.29, 0.717) is 26.7 Å². The Morgan fingerprint density at radius 3 is 2.47 bits per heavy atom. The summed E-state index contributed by atoms with van der Waals surface area (Å²) in [6.07, 6.45) is 0. The number of hydrogen-bond donors (Lipinski definition) is 0. The van der Waals surface area contributed by atoms with Crippen molar-refractivity contribution < 1.29 is 14.1 Å². The number of amides is 1. The number of non-ortho nitro benzene ring substituents is 1. The normalized spacial score (nSPS) is 15.2. The molecule has 1 aliphatic heterocycles. The Morgan fingerprint density at radius 1 is 1.03 bits per heavy atom. The highest BCUT2D eigenvalue weighted by Crippen LogP contribution is 2.41. The largest absolute Gasteiger partial charge is 0.450 e. The molecule has 1 amide bonds. The first-order valence-corrected chi connectivity index (χ1v) is 10.6. The Morgan fingerprint density at radius 2 is 1.78 bits per heavy atom. The second kappa shape index (κ2) is 7.42. The third kappa shape index (κ3) is 3.11. The molecule has 0 saturated carbocycles. The second-order valence-corrected chi connectivity index (χ2v) is 8.50. The number of anilines is 1. The first kappa shape index (κ1) is 20.1. The summed E-state index contributed by atoms with van der Waals surface area (Å²) in [5.74, 6) is -0.453. The third-order valence-corrected chi connectivity index (χ3v) is 6.02. The van der Waals surface area contributed by atoms with E-state index in [1.165, 1.54) is 17.0 Å². The van der Waals surface area contributed by atoms with Gasteiger partial charge in [-0.15, -0.1) is 0 Å². The average molecular weight is 491 g/mol. The number of benzene rings is 3. The van der Waals surface area contributed by atoms with Crippen LogP contribution >= 0.6 is 15.9 Å². The van der Waals surface area contributed by atoms with E-state index in [1.807, 2.05) is 25.1 Å². The van der Waals surface area contributed by atoms with E-state index in [9.17, 15) is 19.7 Å². The minimum absolute atomic E-state index is 0.0188. The molecule has 8 heteroatoms. The van der Waals surface area contributed by atoms with Gasteiger partial charge in [-0.25, -0.2) is 0 Å². The molecule has 0 N–H and O–H groups in total. The van der Waals surface area contributed by atoms with Crippen molar-refractivity contribution in [1.82, 2.24) is 0 Å². The van der Waals surface area contributed by atoms with Crippen LogP contribution in [0.1, 0.15) is 33.3 Å². The van der Waals surface area contributed by atoms with Gasteiger partial charge in [0.1, 0.15) is 5.58 Å². The van der Waals surface area contributed by atoms with Crippen molar-refractivity contribution >= 4 is 44.2 Å². The number of nitrogens with zero attached hydrogens (tertiary/aromatic N) is 2. The summed E-state index contributed by atoms with van der Waals surface area (Å²) in [4.78, 5) is 39.2. The molecular weight excluding hydrogens is 476 g/mol. The molecule has 2 heterocycles. The number of rotatable bonds is 3. The summed E-state index contributed by atoms with van der Waals surface area (Å²) in [6.45, 7) is 1.91. The van der Waals surface area contributed by atoms with Gasteiger partial charge >= 0.3 is 0 Å². The number of halogens is 1. The van der Waals surface area contributed by atoms with E-state index < -0.39 is 16.9 Å². The van der Waals surface area contributed by atoms with E-state index in [0.717, 1.165) is 5.56 Å². The quantitative estimate of drug-likeness (QED) is 0.278. The van der Waals surface area contributed by atoms with Crippen LogP contribution in [0.5, 0.6) is 0 Å². The van der Waals surface area contributed by atoms with Crippen LogP contribution in [-0.2, 0) is 0 Å². The summed E-state index contributed by atoms with van der Waals surface area (Å²) < 4.78 is 6.64. The van der Waals surface area contributed by atoms with Gasteiger partial charge in [0.2, 0.25) is 5.76 Å². The molecule has 7 nitrogen and oxygen atoms in total. The molecule has 4 aromatic rings. The average Bonchev–Trinajstić information content (AvgIpc) is 3.07. The molecule has 1 aromatic heterocycles. The van der Waals surface area contributed by atoms with Crippen molar-refractivity contribution in [3.05, 3.63) is 114 Å². The Balaban J connectivity index is 1.80. The van der Waals surface area contributed by atoms with Crippen LogP contribution in [-0.4, -0.2) is 10.8 Å². The van der Waals surface area contributed by atoms with Crippen molar-refractivity contribution in [2.45, 2.75) is 13.0 Å². The molecule has 0 saturated heterocycles. The fourth-order valence-electron chi connectivity index (χ4n) is 4.08. The maximum Gasteiger partial charge on any atom is 0.295 e. The highest BCUT2D eigenvalue weighted by molar-refractivity contribution is 9.10. The zero-order valence-corrected chi connectivity index (χ0v) is 18.3. The number of nitro benzene ring substituents is 1. The van der Waals surface area contributed by atoms with E-state index in [1.54, 1.807) is 36.4 Å². The van der Waals surface area contributed by atoms with Crippen molar-refractivity contribution in [1.29, 1.82) is 0 Å². The number of nitro groups is 1. The van der Waals surface area contributed by atoms with Gasteiger partial charge < -0.3 is 4.42 Å². The van der Waals surface area contributed by atoms with E-state index >= 15 is 0 Å². The summed E-state index contributed by atoms with van der Waals surface area (Å²) in [5, 5.41) is 11.5. The van der Waals surface area contributed by atoms with Crippen LogP contribution in [0, 0.1) is 17.0 Å². The molecule has 158 valence electrons. The smallest absolute Gasteiger partial charge is 0.295 e. The van der Waals surface area contributed by atoms with E-state index in [4.69, 9.17) is 4.42 Å². The van der Waals surface area contributed by atoms with Gasteiger partial charge in [-0.1, -0.05) is 28.1 Å². The minimum Gasteiger partial charge on any atom is -0.450 e. The lowest BCUT2D eigenvalue weighted by Gasteiger charge is -2.25. The predicted molar refractivity (Wildman–Crippen MR) is 123 cm³/mol. The lowest BCUT2D eigenvalue weighted by molar-refractivity contribution is -0.384. The zero-order chi connectivity index (χ0) is 22.6. The van der Waals surface area contributed by atoms with Gasteiger partial charge in [0, 0.05) is 22.3 Å². The van der Waals surface area contributed by atoms with Gasteiger partial charge in [0.15, 0.2) is 5.43 Å². The molecule has 32 heavy (non-hydrogen) atoms. The van der Waals surface area contributed by atoms with Gasteiger partial charge in [-0.2, -0.15) is 0 Å². The molecule has 1 aliphatic rings. The SMILES string of the molecule is Cc1cccc(N2C(=O)c3oc4ccc(Br)cc4c(=O)c3C2c2ccc([N+](=O)[O-])cc2)c1.